The number of ether oxygens (including phenoxy) is 1. The first kappa shape index (κ1) is 24.8. The second kappa shape index (κ2) is 10.9. The van der Waals surface area contributed by atoms with Crippen LogP contribution in [0.3, 0.4) is 0 Å². The van der Waals surface area contributed by atoms with E-state index in [0.29, 0.717) is 36.3 Å². The van der Waals surface area contributed by atoms with E-state index in [9.17, 15) is 14.3 Å². The van der Waals surface area contributed by atoms with Crippen LogP contribution in [-0.4, -0.2) is 69.7 Å². The molecule has 1 N–H and O–H groups in total. The molecule has 35 heavy (non-hydrogen) atoms. The Balaban J connectivity index is 1.66. The number of amides is 1. The quantitative estimate of drug-likeness (QED) is 0.559. The maximum Gasteiger partial charge on any atom is 0.259 e. The number of aromatic nitrogens is 2. The van der Waals surface area contributed by atoms with Crippen LogP contribution in [0.2, 0.25) is 0 Å². The maximum absolute atomic E-state index is 13.8. The minimum Gasteiger partial charge on any atom is -0.472 e. The summed E-state index contributed by atoms with van der Waals surface area (Å²) in [6.45, 7) is 5.44. The zero-order chi connectivity index (χ0) is 24.9. The number of benzene rings is 1. The number of carbonyl (C=O) groups is 1. The molecule has 0 bridgehead atoms. The highest BCUT2D eigenvalue weighted by atomic mass is 19.1. The lowest BCUT2D eigenvalue weighted by atomic mass is 9.99. The van der Waals surface area contributed by atoms with Crippen LogP contribution in [0.1, 0.15) is 29.8 Å². The summed E-state index contributed by atoms with van der Waals surface area (Å²) in [6.07, 6.45) is 4.94. The molecule has 1 amide bonds. The number of fused-ring (bicyclic) bond motifs is 1. The third kappa shape index (κ3) is 5.83. The van der Waals surface area contributed by atoms with Gasteiger partial charge < -0.3 is 14.7 Å². The Bertz CT molecular complexity index is 1160. The molecule has 0 aliphatic carbocycles. The number of likely N-dealkylation sites (N-methyl/N-ethyl adjacent to an activating group) is 1. The van der Waals surface area contributed by atoms with Crippen LogP contribution in [0, 0.1) is 11.7 Å². The van der Waals surface area contributed by atoms with Crippen LogP contribution in [0.4, 0.5) is 4.39 Å². The summed E-state index contributed by atoms with van der Waals surface area (Å²) in [5, 5.41) is 9.84. The molecule has 1 aliphatic rings. The van der Waals surface area contributed by atoms with Crippen molar-refractivity contribution in [2.75, 3.05) is 26.7 Å². The van der Waals surface area contributed by atoms with Gasteiger partial charge in [0.25, 0.3) is 5.91 Å². The minimum absolute atomic E-state index is 0.0119. The van der Waals surface area contributed by atoms with Crippen molar-refractivity contribution >= 4 is 5.91 Å². The number of rotatable bonds is 7. The summed E-state index contributed by atoms with van der Waals surface area (Å²) in [5.74, 6) is -0.391. The van der Waals surface area contributed by atoms with E-state index in [1.165, 1.54) is 12.1 Å². The number of halogens is 1. The average Bonchev–Trinajstić information content (AvgIpc) is 2.86. The Kier molecular flexibility index (Phi) is 7.73. The molecule has 184 valence electrons. The van der Waals surface area contributed by atoms with Crippen molar-refractivity contribution in [3.63, 3.8) is 0 Å². The smallest absolute Gasteiger partial charge is 0.259 e. The number of hydrogen-bond donors (Lipinski definition) is 1. The maximum atomic E-state index is 13.8. The summed E-state index contributed by atoms with van der Waals surface area (Å²) >= 11 is 0. The first-order valence-electron chi connectivity index (χ1n) is 11.8. The topological polar surface area (TPSA) is 78.8 Å². The predicted molar refractivity (Wildman–Crippen MR) is 131 cm³/mol. The van der Waals surface area contributed by atoms with E-state index in [-0.39, 0.29) is 42.3 Å². The second-order valence-corrected chi connectivity index (χ2v) is 9.27. The Morgan fingerprint density at radius 2 is 2.06 bits per heavy atom. The molecule has 0 fully saturated rings. The van der Waals surface area contributed by atoms with E-state index in [1.54, 1.807) is 35.5 Å². The van der Waals surface area contributed by atoms with Crippen LogP contribution < -0.4 is 4.74 Å². The number of aliphatic hydroxyl groups excluding tert-OH is 1. The van der Waals surface area contributed by atoms with Gasteiger partial charge in [-0.1, -0.05) is 25.1 Å². The Morgan fingerprint density at radius 1 is 1.23 bits per heavy atom. The summed E-state index contributed by atoms with van der Waals surface area (Å²) in [5.41, 5.74) is 2.64. The molecule has 3 atom stereocenters. The number of nitrogens with zero attached hydrogens (tertiary/aromatic N) is 4. The lowest BCUT2D eigenvalue weighted by Crippen LogP contribution is -2.49. The lowest BCUT2D eigenvalue weighted by Gasteiger charge is -2.37. The summed E-state index contributed by atoms with van der Waals surface area (Å²) in [4.78, 5) is 26.1. The molecule has 4 rings (SSSR count). The monoisotopic (exact) mass is 478 g/mol. The van der Waals surface area contributed by atoms with E-state index in [0.717, 1.165) is 5.56 Å². The van der Waals surface area contributed by atoms with Crippen LogP contribution in [-0.2, 0) is 6.54 Å². The van der Waals surface area contributed by atoms with Gasteiger partial charge in [-0.3, -0.25) is 14.7 Å². The molecule has 0 saturated heterocycles. The predicted octanol–water partition coefficient (Wildman–Crippen LogP) is 3.63. The number of hydrogen-bond acceptors (Lipinski definition) is 6. The van der Waals surface area contributed by atoms with Gasteiger partial charge >= 0.3 is 0 Å². The fraction of sp³-hybridized carbons (Fsp3) is 0.370. The Morgan fingerprint density at radius 3 is 2.77 bits per heavy atom. The number of carbonyl (C=O) groups excluding carboxylic acids is 1. The van der Waals surface area contributed by atoms with Crippen LogP contribution >= 0.6 is 0 Å². The zero-order valence-corrected chi connectivity index (χ0v) is 20.3. The van der Waals surface area contributed by atoms with Gasteiger partial charge in [0.15, 0.2) is 0 Å². The van der Waals surface area contributed by atoms with Crippen molar-refractivity contribution in [1.29, 1.82) is 0 Å². The van der Waals surface area contributed by atoms with Crippen molar-refractivity contribution in [3.05, 3.63) is 78.0 Å². The molecule has 0 spiro atoms. The minimum atomic E-state index is -0.373. The van der Waals surface area contributed by atoms with Gasteiger partial charge in [-0.25, -0.2) is 9.37 Å². The van der Waals surface area contributed by atoms with Crippen molar-refractivity contribution in [1.82, 2.24) is 19.8 Å². The van der Waals surface area contributed by atoms with Crippen molar-refractivity contribution in [3.8, 4) is 17.0 Å². The van der Waals surface area contributed by atoms with E-state index < -0.39 is 0 Å². The summed E-state index contributed by atoms with van der Waals surface area (Å²) in [7, 11) is 2.02. The molecule has 0 saturated carbocycles. The van der Waals surface area contributed by atoms with E-state index in [2.05, 4.69) is 14.9 Å². The first-order chi connectivity index (χ1) is 16.9. The van der Waals surface area contributed by atoms with Gasteiger partial charge in [0, 0.05) is 49.7 Å². The van der Waals surface area contributed by atoms with Crippen LogP contribution in [0.25, 0.3) is 11.1 Å². The number of aliphatic hydroxyl groups is 1. The van der Waals surface area contributed by atoms with Crippen LogP contribution in [0.15, 0.2) is 61.1 Å². The standard InChI is InChI=1S/C27H31FN4O3/c1-18-14-32(19(2)17-33)27(34)24-11-22(21-7-4-8-23(28)10-21)13-30-26(24)35-25(18)16-31(3)15-20-6-5-9-29-12-20/h4-13,18-19,25,33H,14-17H2,1-3H3/t18-,19+,25+/m1/s1. The lowest BCUT2D eigenvalue weighted by molar-refractivity contribution is 0.0325. The number of pyridine rings is 2. The molecule has 2 aromatic heterocycles. The van der Waals surface area contributed by atoms with E-state index >= 15 is 0 Å². The summed E-state index contributed by atoms with van der Waals surface area (Å²) in [6, 6.07) is 11.4. The largest absolute Gasteiger partial charge is 0.472 e. The van der Waals surface area contributed by atoms with Gasteiger partial charge in [-0.2, -0.15) is 0 Å². The van der Waals surface area contributed by atoms with Gasteiger partial charge in [0.1, 0.15) is 17.5 Å². The van der Waals surface area contributed by atoms with Crippen molar-refractivity contribution < 1.29 is 19.0 Å². The molecule has 1 aliphatic heterocycles. The van der Waals surface area contributed by atoms with Crippen molar-refractivity contribution in [2.45, 2.75) is 32.5 Å². The fourth-order valence-electron chi connectivity index (χ4n) is 4.32. The fourth-order valence-corrected chi connectivity index (χ4v) is 4.32. The molecule has 1 aromatic carbocycles. The molecular weight excluding hydrogens is 447 g/mol. The highest BCUT2D eigenvalue weighted by molar-refractivity contribution is 5.98. The molecule has 0 unspecified atom stereocenters. The average molecular weight is 479 g/mol. The Labute approximate surface area is 205 Å². The molecule has 3 heterocycles. The first-order valence-corrected chi connectivity index (χ1v) is 11.8. The highest BCUT2D eigenvalue weighted by Crippen LogP contribution is 2.30. The molecule has 3 aromatic rings. The third-order valence-electron chi connectivity index (χ3n) is 6.35. The highest BCUT2D eigenvalue weighted by Gasteiger charge is 2.34. The Hall–Kier alpha value is -3.36. The van der Waals surface area contributed by atoms with Gasteiger partial charge in [0.2, 0.25) is 5.88 Å². The van der Waals surface area contributed by atoms with Crippen LogP contribution in [0.5, 0.6) is 5.88 Å². The van der Waals surface area contributed by atoms with E-state index in [1.807, 2.05) is 39.2 Å². The normalized spacial score (nSPS) is 19.0. The SMILES string of the molecule is C[C@@H]1CN([C@@H](C)CO)C(=O)c2cc(-c3cccc(F)c3)cnc2O[C@H]1CN(C)Cc1cccnc1. The zero-order valence-electron chi connectivity index (χ0n) is 20.3. The molecule has 0 radical (unpaired) electrons. The van der Waals surface area contributed by atoms with Crippen molar-refractivity contribution in [2.24, 2.45) is 5.92 Å². The van der Waals surface area contributed by atoms with Gasteiger partial charge in [-0.15, -0.1) is 0 Å². The molecule has 8 heteroatoms. The second-order valence-electron chi connectivity index (χ2n) is 9.27. The summed E-state index contributed by atoms with van der Waals surface area (Å²) < 4.78 is 20.2. The third-order valence-corrected chi connectivity index (χ3v) is 6.35. The molecular formula is C27H31FN4O3. The molecule has 7 nitrogen and oxygen atoms in total. The van der Waals surface area contributed by atoms with Gasteiger partial charge in [0.05, 0.1) is 12.6 Å². The van der Waals surface area contributed by atoms with E-state index in [4.69, 9.17) is 4.74 Å². The van der Waals surface area contributed by atoms with Gasteiger partial charge in [-0.05, 0) is 49.4 Å².